The largest absolute Gasteiger partial charge is 0.480 e. The van der Waals surface area contributed by atoms with Crippen molar-refractivity contribution in [3.05, 3.63) is 42.5 Å². The van der Waals surface area contributed by atoms with Gasteiger partial charge in [-0.25, -0.2) is 0 Å². The summed E-state index contributed by atoms with van der Waals surface area (Å²) in [6.07, 6.45) is 1.71. The fourth-order valence-corrected chi connectivity index (χ4v) is 2.09. The molecular weight excluding hydrogens is 238 g/mol. The molecule has 0 aliphatic heterocycles. The van der Waals surface area contributed by atoms with Gasteiger partial charge < -0.3 is 10.1 Å². The van der Waals surface area contributed by atoms with Crippen LogP contribution in [-0.2, 0) is 4.79 Å². The van der Waals surface area contributed by atoms with Gasteiger partial charge in [-0.15, -0.1) is 0 Å². The van der Waals surface area contributed by atoms with E-state index < -0.39 is 6.10 Å². The van der Waals surface area contributed by atoms with Crippen LogP contribution in [-0.4, -0.2) is 18.1 Å². The van der Waals surface area contributed by atoms with Crippen molar-refractivity contribution in [1.82, 2.24) is 5.32 Å². The molecule has 1 amide bonds. The topological polar surface area (TPSA) is 38.3 Å². The van der Waals surface area contributed by atoms with Crippen molar-refractivity contribution < 1.29 is 9.53 Å². The molecule has 0 saturated heterocycles. The van der Waals surface area contributed by atoms with Crippen LogP contribution >= 0.6 is 0 Å². The number of hydrogen-bond donors (Lipinski definition) is 1. The highest BCUT2D eigenvalue weighted by molar-refractivity contribution is 5.89. The van der Waals surface area contributed by atoms with Crippen LogP contribution in [0.4, 0.5) is 0 Å². The SMILES string of the molecule is C[C@H](Oc1cccc2ccccc12)C(=O)NC1CC1. The van der Waals surface area contributed by atoms with E-state index in [9.17, 15) is 4.79 Å². The summed E-state index contributed by atoms with van der Waals surface area (Å²) in [6, 6.07) is 14.3. The maximum absolute atomic E-state index is 11.9. The second-order valence-corrected chi connectivity index (χ2v) is 5.02. The van der Waals surface area contributed by atoms with Crippen LogP contribution in [0.15, 0.2) is 42.5 Å². The number of amides is 1. The maximum Gasteiger partial charge on any atom is 0.260 e. The molecule has 0 spiro atoms. The molecule has 1 aliphatic rings. The van der Waals surface area contributed by atoms with E-state index in [4.69, 9.17) is 4.74 Å². The first-order chi connectivity index (χ1) is 9.24. The molecule has 3 nitrogen and oxygen atoms in total. The van der Waals surface area contributed by atoms with Gasteiger partial charge in [-0.05, 0) is 31.2 Å². The molecule has 1 saturated carbocycles. The third-order valence-corrected chi connectivity index (χ3v) is 3.35. The van der Waals surface area contributed by atoms with Crippen LogP contribution in [0.2, 0.25) is 0 Å². The zero-order chi connectivity index (χ0) is 13.2. The number of ether oxygens (including phenoxy) is 1. The molecule has 1 fully saturated rings. The quantitative estimate of drug-likeness (QED) is 0.912. The molecule has 2 aromatic rings. The number of nitrogens with one attached hydrogen (secondary N) is 1. The fourth-order valence-electron chi connectivity index (χ4n) is 2.09. The van der Waals surface area contributed by atoms with E-state index in [0.29, 0.717) is 6.04 Å². The van der Waals surface area contributed by atoms with Crippen molar-refractivity contribution in [1.29, 1.82) is 0 Å². The molecule has 19 heavy (non-hydrogen) atoms. The zero-order valence-corrected chi connectivity index (χ0v) is 10.9. The molecule has 3 rings (SSSR count). The highest BCUT2D eigenvalue weighted by Gasteiger charge is 2.26. The number of fused-ring (bicyclic) bond motifs is 1. The van der Waals surface area contributed by atoms with E-state index in [2.05, 4.69) is 5.32 Å². The molecule has 0 unspecified atom stereocenters. The van der Waals surface area contributed by atoms with Crippen molar-refractivity contribution in [3.63, 3.8) is 0 Å². The van der Waals surface area contributed by atoms with Gasteiger partial charge in [0, 0.05) is 11.4 Å². The standard InChI is InChI=1S/C16H17NO2/c1-11(16(18)17-13-9-10-13)19-15-8-4-6-12-5-2-3-7-14(12)15/h2-8,11,13H,9-10H2,1H3,(H,17,18)/t11-/m0/s1. The monoisotopic (exact) mass is 255 g/mol. The molecule has 2 aromatic carbocycles. The minimum atomic E-state index is -0.466. The summed E-state index contributed by atoms with van der Waals surface area (Å²) in [4.78, 5) is 11.9. The smallest absolute Gasteiger partial charge is 0.260 e. The van der Waals surface area contributed by atoms with E-state index in [1.807, 2.05) is 42.5 Å². The Balaban J connectivity index is 1.78. The Kier molecular flexibility index (Phi) is 3.11. The van der Waals surface area contributed by atoms with Crippen molar-refractivity contribution in [3.8, 4) is 5.75 Å². The lowest BCUT2D eigenvalue weighted by atomic mass is 10.1. The van der Waals surface area contributed by atoms with Crippen molar-refractivity contribution >= 4 is 16.7 Å². The van der Waals surface area contributed by atoms with Crippen LogP contribution in [0.5, 0.6) is 5.75 Å². The second kappa shape index (κ2) is 4.92. The molecule has 1 N–H and O–H groups in total. The summed E-state index contributed by atoms with van der Waals surface area (Å²) >= 11 is 0. The Labute approximate surface area is 112 Å². The number of carbonyl (C=O) groups excluding carboxylic acids is 1. The van der Waals surface area contributed by atoms with Gasteiger partial charge in [0.25, 0.3) is 5.91 Å². The average Bonchev–Trinajstić information content (AvgIpc) is 3.23. The number of carbonyl (C=O) groups is 1. The first-order valence-electron chi connectivity index (χ1n) is 6.69. The Hall–Kier alpha value is -2.03. The van der Waals surface area contributed by atoms with Gasteiger partial charge in [-0.1, -0.05) is 36.4 Å². The third kappa shape index (κ3) is 2.70. The van der Waals surface area contributed by atoms with E-state index >= 15 is 0 Å². The van der Waals surface area contributed by atoms with E-state index in [-0.39, 0.29) is 5.91 Å². The molecular formula is C16H17NO2. The van der Waals surface area contributed by atoms with Crippen LogP contribution < -0.4 is 10.1 Å². The molecule has 3 heteroatoms. The second-order valence-electron chi connectivity index (χ2n) is 5.02. The Morgan fingerprint density at radius 1 is 1.21 bits per heavy atom. The maximum atomic E-state index is 11.9. The van der Waals surface area contributed by atoms with Gasteiger partial charge in [0.15, 0.2) is 6.10 Å². The third-order valence-electron chi connectivity index (χ3n) is 3.35. The van der Waals surface area contributed by atoms with Gasteiger partial charge in [0.05, 0.1) is 0 Å². The van der Waals surface area contributed by atoms with Crippen molar-refractivity contribution in [2.75, 3.05) is 0 Å². The van der Waals surface area contributed by atoms with Gasteiger partial charge in [-0.3, -0.25) is 4.79 Å². The summed E-state index contributed by atoms with van der Waals surface area (Å²) in [5.74, 6) is 0.729. The Morgan fingerprint density at radius 3 is 2.74 bits per heavy atom. The predicted octanol–water partition coefficient (Wildman–Crippen LogP) is 2.89. The van der Waals surface area contributed by atoms with Gasteiger partial charge in [-0.2, -0.15) is 0 Å². The highest BCUT2D eigenvalue weighted by Crippen LogP contribution is 2.26. The van der Waals surface area contributed by atoms with E-state index in [1.54, 1.807) is 6.92 Å². The normalized spacial score (nSPS) is 16.1. The molecule has 0 aromatic heterocycles. The van der Waals surface area contributed by atoms with Crippen LogP contribution in [0, 0.1) is 0 Å². The van der Waals surface area contributed by atoms with E-state index in [1.165, 1.54) is 0 Å². The summed E-state index contributed by atoms with van der Waals surface area (Å²) in [6.45, 7) is 1.79. The van der Waals surface area contributed by atoms with Gasteiger partial charge in [0.2, 0.25) is 0 Å². The lowest BCUT2D eigenvalue weighted by Crippen LogP contribution is -2.37. The number of rotatable bonds is 4. The van der Waals surface area contributed by atoms with Crippen molar-refractivity contribution in [2.24, 2.45) is 0 Å². The first kappa shape index (κ1) is 12.0. The molecule has 1 aliphatic carbocycles. The van der Waals surface area contributed by atoms with Gasteiger partial charge in [0.1, 0.15) is 5.75 Å². The highest BCUT2D eigenvalue weighted by atomic mass is 16.5. The van der Waals surface area contributed by atoms with Crippen molar-refractivity contribution in [2.45, 2.75) is 31.9 Å². The molecule has 0 heterocycles. The van der Waals surface area contributed by atoms with Crippen LogP contribution in [0.25, 0.3) is 10.8 Å². The van der Waals surface area contributed by atoms with Crippen LogP contribution in [0.1, 0.15) is 19.8 Å². The number of benzene rings is 2. The minimum Gasteiger partial charge on any atom is -0.480 e. The average molecular weight is 255 g/mol. The first-order valence-corrected chi connectivity index (χ1v) is 6.69. The van der Waals surface area contributed by atoms with E-state index in [0.717, 1.165) is 29.4 Å². The van der Waals surface area contributed by atoms with Crippen LogP contribution in [0.3, 0.4) is 0 Å². The Morgan fingerprint density at radius 2 is 1.95 bits per heavy atom. The Bertz CT molecular complexity index is 599. The molecule has 1 atom stereocenters. The lowest BCUT2D eigenvalue weighted by Gasteiger charge is -2.16. The summed E-state index contributed by atoms with van der Waals surface area (Å²) in [5, 5.41) is 5.12. The molecule has 0 radical (unpaired) electrons. The lowest BCUT2D eigenvalue weighted by molar-refractivity contribution is -0.127. The zero-order valence-electron chi connectivity index (χ0n) is 10.9. The summed E-state index contributed by atoms with van der Waals surface area (Å²) < 4.78 is 5.81. The summed E-state index contributed by atoms with van der Waals surface area (Å²) in [7, 11) is 0. The predicted molar refractivity (Wildman–Crippen MR) is 75.2 cm³/mol. The molecule has 98 valence electrons. The fraction of sp³-hybridized carbons (Fsp3) is 0.312. The molecule has 0 bridgehead atoms. The number of hydrogen-bond acceptors (Lipinski definition) is 2. The summed E-state index contributed by atoms with van der Waals surface area (Å²) in [5.41, 5.74) is 0. The minimum absolute atomic E-state index is 0.0320. The van der Waals surface area contributed by atoms with Gasteiger partial charge >= 0.3 is 0 Å².